The molecular formula is C23H33FIN5O3. The smallest absolute Gasteiger partial charge is 0.224 e. The average Bonchev–Trinajstić information content (AvgIpc) is 3.34. The molecule has 0 unspecified atom stereocenters. The van der Waals surface area contributed by atoms with Crippen molar-refractivity contribution in [2.24, 2.45) is 4.99 Å². The largest absolute Gasteiger partial charge is 0.467 e. The lowest BCUT2D eigenvalue weighted by Crippen LogP contribution is -2.49. The third-order valence-corrected chi connectivity index (χ3v) is 5.26. The first-order chi connectivity index (χ1) is 15.7. The summed E-state index contributed by atoms with van der Waals surface area (Å²) in [5.74, 6) is 1.37. The maximum Gasteiger partial charge on any atom is 0.224 e. The summed E-state index contributed by atoms with van der Waals surface area (Å²) in [5.41, 5.74) is 0.987. The number of benzene rings is 1. The van der Waals surface area contributed by atoms with Crippen LogP contribution in [0.2, 0.25) is 0 Å². The van der Waals surface area contributed by atoms with Gasteiger partial charge in [-0.3, -0.25) is 9.79 Å². The van der Waals surface area contributed by atoms with Crippen LogP contribution in [0.3, 0.4) is 0 Å². The zero-order valence-electron chi connectivity index (χ0n) is 19.0. The first kappa shape index (κ1) is 26.9. The van der Waals surface area contributed by atoms with Crippen molar-refractivity contribution < 1.29 is 18.3 Å². The molecule has 0 bridgehead atoms. The molecule has 0 atom stereocenters. The first-order valence-electron chi connectivity index (χ1n) is 11.0. The monoisotopic (exact) mass is 573 g/mol. The summed E-state index contributed by atoms with van der Waals surface area (Å²) in [4.78, 5) is 20.8. The molecule has 2 heterocycles. The normalized spacial score (nSPS) is 14.1. The van der Waals surface area contributed by atoms with Crippen LogP contribution < -0.4 is 15.5 Å². The van der Waals surface area contributed by atoms with E-state index in [1.54, 1.807) is 25.4 Å². The number of rotatable bonds is 10. The predicted octanol–water partition coefficient (Wildman–Crippen LogP) is 2.85. The maximum atomic E-state index is 13.1. The van der Waals surface area contributed by atoms with E-state index < -0.39 is 0 Å². The van der Waals surface area contributed by atoms with Crippen LogP contribution >= 0.6 is 24.0 Å². The van der Waals surface area contributed by atoms with Gasteiger partial charge in [0.15, 0.2) is 5.96 Å². The molecule has 0 spiro atoms. The molecule has 8 nitrogen and oxygen atoms in total. The molecule has 0 saturated carbocycles. The van der Waals surface area contributed by atoms with Gasteiger partial charge < -0.3 is 29.6 Å². The summed E-state index contributed by atoms with van der Waals surface area (Å²) in [6, 6.07) is 10.2. The van der Waals surface area contributed by atoms with E-state index in [9.17, 15) is 9.18 Å². The molecule has 3 rings (SSSR count). The van der Waals surface area contributed by atoms with Gasteiger partial charge in [-0.15, -0.1) is 24.0 Å². The molecule has 10 heteroatoms. The van der Waals surface area contributed by atoms with Gasteiger partial charge in [0.1, 0.15) is 18.2 Å². The number of carbonyl (C=O) groups is 1. The van der Waals surface area contributed by atoms with Crippen LogP contribution in [0.4, 0.5) is 10.1 Å². The second-order valence-corrected chi connectivity index (χ2v) is 7.51. The summed E-state index contributed by atoms with van der Waals surface area (Å²) in [5, 5.41) is 6.40. The van der Waals surface area contributed by atoms with Crippen molar-refractivity contribution in [3.63, 3.8) is 0 Å². The molecule has 1 fully saturated rings. The standard InChI is InChI=1S/C23H32FN5O3.HI/c1-25-23(26-10-3-16-31-18-21-4-2-17-32-21)27-11-9-22(30)29-14-12-28(13-15-29)20-7-5-19(24)6-8-20;/h2,4-8,17H,3,9-16,18H2,1H3,(H2,25,26,27);1H. The number of hydrogen-bond donors (Lipinski definition) is 2. The molecule has 1 amide bonds. The maximum absolute atomic E-state index is 13.1. The highest BCUT2D eigenvalue weighted by Crippen LogP contribution is 2.17. The number of anilines is 1. The number of furan rings is 1. The fraction of sp³-hybridized carbons (Fsp3) is 0.478. The number of piperazine rings is 1. The predicted molar refractivity (Wildman–Crippen MR) is 138 cm³/mol. The zero-order valence-corrected chi connectivity index (χ0v) is 21.3. The SMILES string of the molecule is CN=C(NCCCOCc1ccco1)NCCC(=O)N1CCN(c2ccc(F)cc2)CC1.I. The van der Waals surface area contributed by atoms with Crippen LogP contribution in [0.15, 0.2) is 52.1 Å². The van der Waals surface area contributed by atoms with Crippen LogP contribution in [0, 0.1) is 5.82 Å². The second kappa shape index (κ2) is 14.7. The van der Waals surface area contributed by atoms with Gasteiger partial charge in [0.25, 0.3) is 0 Å². The molecule has 1 aromatic carbocycles. The van der Waals surface area contributed by atoms with Crippen molar-refractivity contribution in [1.29, 1.82) is 0 Å². The lowest BCUT2D eigenvalue weighted by molar-refractivity contribution is -0.131. The number of nitrogens with one attached hydrogen (secondary N) is 2. The molecule has 1 aliphatic heterocycles. The minimum absolute atomic E-state index is 0. The van der Waals surface area contributed by atoms with E-state index in [0.29, 0.717) is 45.2 Å². The summed E-state index contributed by atoms with van der Waals surface area (Å²) < 4.78 is 23.9. The van der Waals surface area contributed by atoms with Gasteiger partial charge in [0.2, 0.25) is 5.91 Å². The molecule has 33 heavy (non-hydrogen) atoms. The Kier molecular flexibility index (Phi) is 12.0. The number of halogens is 2. The molecule has 0 radical (unpaired) electrons. The van der Waals surface area contributed by atoms with Crippen molar-refractivity contribution in [2.45, 2.75) is 19.4 Å². The van der Waals surface area contributed by atoms with E-state index in [1.165, 1.54) is 12.1 Å². The third kappa shape index (κ3) is 9.20. The Labute approximate surface area is 211 Å². The topological polar surface area (TPSA) is 82.3 Å². The minimum atomic E-state index is -0.238. The molecule has 1 aromatic heterocycles. The number of hydrogen-bond acceptors (Lipinski definition) is 5. The highest BCUT2D eigenvalue weighted by Gasteiger charge is 2.21. The van der Waals surface area contributed by atoms with Crippen LogP contribution in [-0.2, 0) is 16.1 Å². The van der Waals surface area contributed by atoms with Gasteiger partial charge in [-0.1, -0.05) is 0 Å². The molecule has 2 N–H and O–H groups in total. The van der Waals surface area contributed by atoms with Gasteiger partial charge in [0, 0.05) is 65.0 Å². The van der Waals surface area contributed by atoms with Crippen LogP contribution in [0.25, 0.3) is 0 Å². The van der Waals surface area contributed by atoms with Crippen LogP contribution in [-0.4, -0.2) is 69.7 Å². The Morgan fingerprint density at radius 3 is 2.52 bits per heavy atom. The third-order valence-electron chi connectivity index (χ3n) is 5.26. The van der Waals surface area contributed by atoms with Crippen molar-refractivity contribution in [1.82, 2.24) is 15.5 Å². The van der Waals surface area contributed by atoms with Gasteiger partial charge in [-0.25, -0.2) is 4.39 Å². The average molecular weight is 573 g/mol. The molecule has 182 valence electrons. The lowest BCUT2D eigenvalue weighted by Gasteiger charge is -2.36. The minimum Gasteiger partial charge on any atom is -0.467 e. The van der Waals surface area contributed by atoms with Crippen molar-refractivity contribution in [3.8, 4) is 0 Å². The number of ether oxygens (including phenoxy) is 1. The van der Waals surface area contributed by atoms with E-state index in [-0.39, 0.29) is 35.7 Å². The van der Waals surface area contributed by atoms with Crippen LogP contribution in [0.1, 0.15) is 18.6 Å². The number of aliphatic imine (C=N–C) groups is 1. The van der Waals surface area contributed by atoms with Crippen LogP contribution in [0.5, 0.6) is 0 Å². The highest BCUT2D eigenvalue weighted by atomic mass is 127. The number of guanidine groups is 1. The second-order valence-electron chi connectivity index (χ2n) is 7.51. The van der Waals surface area contributed by atoms with Gasteiger partial charge >= 0.3 is 0 Å². The van der Waals surface area contributed by atoms with Crippen molar-refractivity contribution in [2.75, 3.05) is 57.8 Å². The molecule has 1 aliphatic rings. The number of amides is 1. The summed E-state index contributed by atoms with van der Waals surface area (Å²) in [6.45, 7) is 5.16. The zero-order chi connectivity index (χ0) is 22.6. The quantitative estimate of drug-likeness (QED) is 0.197. The van der Waals surface area contributed by atoms with E-state index in [2.05, 4.69) is 20.5 Å². The Bertz CT molecular complexity index is 840. The van der Waals surface area contributed by atoms with Crippen molar-refractivity contribution >= 4 is 41.5 Å². The molecule has 0 aliphatic carbocycles. The highest BCUT2D eigenvalue weighted by molar-refractivity contribution is 14.0. The molecule has 2 aromatic rings. The summed E-state index contributed by atoms with van der Waals surface area (Å²) in [7, 11) is 1.71. The van der Waals surface area contributed by atoms with Gasteiger partial charge in [0.05, 0.1) is 6.26 Å². The molecular weight excluding hydrogens is 540 g/mol. The first-order valence-corrected chi connectivity index (χ1v) is 11.0. The van der Waals surface area contributed by atoms with Crippen molar-refractivity contribution in [3.05, 3.63) is 54.2 Å². The van der Waals surface area contributed by atoms with E-state index in [0.717, 1.165) is 37.5 Å². The Morgan fingerprint density at radius 1 is 1.12 bits per heavy atom. The Morgan fingerprint density at radius 2 is 1.85 bits per heavy atom. The Hall–Kier alpha value is -2.34. The van der Waals surface area contributed by atoms with Gasteiger partial charge in [-0.05, 0) is 42.8 Å². The fourth-order valence-electron chi connectivity index (χ4n) is 3.48. The molecule has 1 saturated heterocycles. The van der Waals surface area contributed by atoms with Gasteiger partial charge in [-0.2, -0.15) is 0 Å². The lowest BCUT2D eigenvalue weighted by atomic mass is 10.2. The number of carbonyl (C=O) groups excluding carboxylic acids is 1. The number of nitrogens with zero attached hydrogens (tertiary/aromatic N) is 3. The summed E-state index contributed by atoms with van der Waals surface area (Å²) in [6.07, 6.45) is 2.87. The Balaban J connectivity index is 0.00000385. The van der Waals surface area contributed by atoms with E-state index in [1.807, 2.05) is 17.0 Å². The van der Waals surface area contributed by atoms with E-state index >= 15 is 0 Å². The van der Waals surface area contributed by atoms with E-state index in [4.69, 9.17) is 9.15 Å². The fourth-order valence-corrected chi connectivity index (χ4v) is 3.48. The summed E-state index contributed by atoms with van der Waals surface area (Å²) >= 11 is 0.